The second-order valence-electron chi connectivity index (χ2n) is 4.41. The molecule has 2 aromatic rings. The molecule has 20 heavy (non-hydrogen) atoms. The van der Waals surface area contributed by atoms with E-state index in [1.807, 2.05) is 43.1 Å². The average molecular weight is 290 g/mol. The summed E-state index contributed by atoms with van der Waals surface area (Å²) < 4.78 is 0. The van der Waals surface area contributed by atoms with E-state index in [2.05, 4.69) is 10.3 Å². The summed E-state index contributed by atoms with van der Waals surface area (Å²) in [5, 5.41) is 3.72. The number of aromatic nitrogens is 1. The van der Waals surface area contributed by atoms with Gasteiger partial charge in [-0.05, 0) is 25.1 Å². The van der Waals surface area contributed by atoms with Crippen molar-refractivity contribution in [1.29, 1.82) is 0 Å². The SMILES string of the molecule is CCNC(=O)c1sc(N(C)Cc2ccccn2)cc1N. The quantitative estimate of drug-likeness (QED) is 0.884. The van der Waals surface area contributed by atoms with Gasteiger partial charge in [0.05, 0.1) is 22.9 Å². The van der Waals surface area contributed by atoms with Gasteiger partial charge in [0.1, 0.15) is 4.88 Å². The smallest absolute Gasteiger partial charge is 0.263 e. The van der Waals surface area contributed by atoms with Crippen LogP contribution >= 0.6 is 11.3 Å². The van der Waals surface area contributed by atoms with E-state index >= 15 is 0 Å². The molecule has 0 spiro atoms. The molecule has 2 aromatic heterocycles. The fourth-order valence-corrected chi connectivity index (χ4v) is 2.77. The van der Waals surface area contributed by atoms with E-state index < -0.39 is 0 Å². The molecule has 0 aromatic carbocycles. The van der Waals surface area contributed by atoms with Crippen molar-refractivity contribution in [2.75, 3.05) is 24.2 Å². The van der Waals surface area contributed by atoms with Crippen molar-refractivity contribution in [2.24, 2.45) is 0 Å². The number of anilines is 2. The zero-order chi connectivity index (χ0) is 14.5. The van der Waals surface area contributed by atoms with E-state index in [4.69, 9.17) is 5.73 Å². The number of nitrogens with one attached hydrogen (secondary N) is 1. The summed E-state index contributed by atoms with van der Waals surface area (Å²) in [6, 6.07) is 7.65. The first-order valence-corrected chi connectivity index (χ1v) is 7.22. The molecule has 2 heterocycles. The van der Waals surface area contributed by atoms with Crippen LogP contribution in [0, 0.1) is 0 Å². The van der Waals surface area contributed by atoms with Gasteiger partial charge >= 0.3 is 0 Å². The van der Waals surface area contributed by atoms with Crippen LogP contribution in [-0.4, -0.2) is 24.5 Å². The van der Waals surface area contributed by atoms with E-state index in [1.165, 1.54) is 11.3 Å². The van der Waals surface area contributed by atoms with Gasteiger partial charge < -0.3 is 16.0 Å². The molecule has 0 atom stereocenters. The molecular weight excluding hydrogens is 272 g/mol. The predicted molar refractivity (Wildman–Crippen MR) is 83.1 cm³/mol. The highest BCUT2D eigenvalue weighted by atomic mass is 32.1. The molecule has 0 saturated carbocycles. The lowest BCUT2D eigenvalue weighted by molar-refractivity contribution is 0.0960. The summed E-state index contributed by atoms with van der Waals surface area (Å²) in [5.74, 6) is -0.118. The van der Waals surface area contributed by atoms with Gasteiger partial charge in [-0.15, -0.1) is 11.3 Å². The maximum atomic E-state index is 11.8. The number of nitrogens with zero attached hydrogens (tertiary/aromatic N) is 2. The molecule has 0 unspecified atom stereocenters. The standard InChI is InChI=1S/C14H18N4OS/c1-3-16-14(19)13-11(15)8-12(20-13)18(2)9-10-6-4-5-7-17-10/h4-8H,3,9,15H2,1-2H3,(H,16,19). The maximum Gasteiger partial charge on any atom is 0.263 e. The highest BCUT2D eigenvalue weighted by Gasteiger charge is 2.16. The molecule has 0 fully saturated rings. The molecule has 0 aliphatic rings. The van der Waals surface area contributed by atoms with Gasteiger partial charge in [-0.3, -0.25) is 9.78 Å². The first-order valence-electron chi connectivity index (χ1n) is 6.40. The van der Waals surface area contributed by atoms with Crippen LogP contribution in [0.2, 0.25) is 0 Å². The van der Waals surface area contributed by atoms with Crippen LogP contribution in [0.25, 0.3) is 0 Å². The number of carbonyl (C=O) groups excluding carboxylic acids is 1. The molecule has 3 N–H and O–H groups in total. The fraction of sp³-hybridized carbons (Fsp3) is 0.286. The van der Waals surface area contributed by atoms with Crippen molar-refractivity contribution >= 4 is 27.9 Å². The highest BCUT2D eigenvalue weighted by Crippen LogP contribution is 2.32. The largest absolute Gasteiger partial charge is 0.397 e. The minimum absolute atomic E-state index is 0.118. The molecule has 106 valence electrons. The number of hydrogen-bond donors (Lipinski definition) is 2. The molecule has 0 aliphatic carbocycles. The fourth-order valence-electron chi connectivity index (χ4n) is 1.81. The Hall–Kier alpha value is -2.08. The van der Waals surface area contributed by atoms with Gasteiger partial charge in [0.25, 0.3) is 5.91 Å². The van der Waals surface area contributed by atoms with Crippen molar-refractivity contribution < 1.29 is 4.79 Å². The second-order valence-corrected chi connectivity index (χ2v) is 5.44. The molecule has 0 bridgehead atoms. The Labute approximate surface area is 122 Å². The molecule has 5 nitrogen and oxygen atoms in total. The maximum absolute atomic E-state index is 11.8. The van der Waals surface area contributed by atoms with Crippen LogP contribution in [0.15, 0.2) is 30.5 Å². The van der Waals surface area contributed by atoms with Crippen LogP contribution in [0.3, 0.4) is 0 Å². The molecular formula is C14H18N4OS. The van der Waals surface area contributed by atoms with Gasteiger partial charge in [-0.2, -0.15) is 0 Å². The topological polar surface area (TPSA) is 71.2 Å². The molecule has 0 saturated heterocycles. The average Bonchev–Trinajstić information content (AvgIpc) is 2.82. The molecule has 0 radical (unpaired) electrons. The van der Waals surface area contributed by atoms with Crippen LogP contribution in [0.4, 0.5) is 10.7 Å². The normalized spacial score (nSPS) is 10.3. The monoisotopic (exact) mass is 290 g/mol. The number of nitrogens with two attached hydrogens (primary N) is 1. The second kappa shape index (κ2) is 6.38. The Morgan fingerprint density at radius 1 is 1.50 bits per heavy atom. The van der Waals surface area contributed by atoms with Crippen molar-refractivity contribution in [2.45, 2.75) is 13.5 Å². The summed E-state index contributed by atoms with van der Waals surface area (Å²) >= 11 is 1.40. The third-order valence-electron chi connectivity index (χ3n) is 2.79. The summed E-state index contributed by atoms with van der Waals surface area (Å²) in [6.45, 7) is 3.15. The minimum Gasteiger partial charge on any atom is -0.397 e. The molecule has 2 rings (SSSR count). The minimum atomic E-state index is -0.118. The number of nitrogen functional groups attached to an aromatic ring is 1. The first-order chi connectivity index (χ1) is 9.61. The Morgan fingerprint density at radius 2 is 2.30 bits per heavy atom. The zero-order valence-electron chi connectivity index (χ0n) is 11.6. The lowest BCUT2D eigenvalue weighted by atomic mass is 10.3. The number of amides is 1. The Kier molecular flexibility index (Phi) is 4.57. The molecule has 0 aliphatic heterocycles. The van der Waals surface area contributed by atoms with Gasteiger partial charge in [-0.1, -0.05) is 6.07 Å². The zero-order valence-corrected chi connectivity index (χ0v) is 12.4. The van der Waals surface area contributed by atoms with Crippen LogP contribution in [0.1, 0.15) is 22.3 Å². The number of rotatable bonds is 5. The number of thiophene rings is 1. The van der Waals surface area contributed by atoms with Gasteiger partial charge in [0, 0.05) is 19.8 Å². The van der Waals surface area contributed by atoms with Crippen LogP contribution < -0.4 is 16.0 Å². The van der Waals surface area contributed by atoms with Gasteiger partial charge in [0.15, 0.2) is 0 Å². The van der Waals surface area contributed by atoms with Gasteiger partial charge in [-0.25, -0.2) is 0 Å². The summed E-state index contributed by atoms with van der Waals surface area (Å²) in [6.07, 6.45) is 1.77. The summed E-state index contributed by atoms with van der Waals surface area (Å²) in [5.41, 5.74) is 7.40. The van der Waals surface area contributed by atoms with Crippen molar-refractivity contribution in [3.05, 3.63) is 41.0 Å². The third-order valence-corrected chi connectivity index (χ3v) is 4.06. The highest BCUT2D eigenvalue weighted by molar-refractivity contribution is 7.18. The Bertz CT molecular complexity index is 582. The van der Waals surface area contributed by atoms with Crippen molar-refractivity contribution in [3.8, 4) is 0 Å². The lowest BCUT2D eigenvalue weighted by Crippen LogP contribution is -2.22. The van der Waals surface area contributed by atoms with E-state index in [0.717, 1.165) is 10.7 Å². The Balaban J connectivity index is 2.13. The van der Waals surface area contributed by atoms with Crippen LogP contribution in [-0.2, 0) is 6.54 Å². The van der Waals surface area contributed by atoms with Crippen LogP contribution in [0.5, 0.6) is 0 Å². The third kappa shape index (κ3) is 3.27. The number of pyridine rings is 1. The van der Waals surface area contributed by atoms with Gasteiger partial charge in [0.2, 0.25) is 0 Å². The number of hydrogen-bond acceptors (Lipinski definition) is 5. The predicted octanol–water partition coefficient (Wildman–Crippen LogP) is 2.11. The van der Waals surface area contributed by atoms with E-state index in [0.29, 0.717) is 23.7 Å². The van der Waals surface area contributed by atoms with Crippen molar-refractivity contribution in [1.82, 2.24) is 10.3 Å². The molecule has 1 amide bonds. The van der Waals surface area contributed by atoms with E-state index in [1.54, 1.807) is 6.20 Å². The Morgan fingerprint density at radius 3 is 2.95 bits per heavy atom. The number of carbonyl (C=O) groups is 1. The van der Waals surface area contributed by atoms with E-state index in [9.17, 15) is 4.79 Å². The van der Waals surface area contributed by atoms with Crippen molar-refractivity contribution in [3.63, 3.8) is 0 Å². The molecule has 6 heteroatoms. The first kappa shape index (κ1) is 14.3. The summed E-state index contributed by atoms with van der Waals surface area (Å²) in [4.78, 5) is 18.7. The summed E-state index contributed by atoms with van der Waals surface area (Å²) in [7, 11) is 1.96. The van der Waals surface area contributed by atoms with E-state index in [-0.39, 0.29) is 5.91 Å². The lowest BCUT2D eigenvalue weighted by Gasteiger charge is -2.16.